The average molecular weight is 504 g/mol. The summed E-state index contributed by atoms with van der Waals surface area (Å²) in [6.45, 7) is 7.92. The maximum absolute atomic E-state index is 11.5. The monoisotopic (exact) mass is 503 g/mol. The Bertz CT molecular complexity index is 1020. The van der Waals surface area contributed by atoms with Crippen molar-refractivity contribution in [1.29, 1.82) is 0 Å². The minimum Gasteiger partial charge on any atom is -0.492 e. The Morgan fingerprint density at radius 2 is 0.730 bits per heavy atom. The molecule has 0 aliphatic heterocycles. The van der Waals surface area contributed by atoms with Gasteiger partial charge in [0, 0.05) is 36.3 Å². The summed E-state index contributed by atoms with van der Waals surface area (Å²) in [4.78, 5) is 36.6. The SMILES string of the molecule is CC(=O)c1ccc(OCCN(CCOc2ccc(C(C)=O)cc2)CCOc2ccc(C(C)=O)cc2)cc1. The molecule has 0 atom stereocenters. The third kappa shape index (κ3) is 9.20. The van der Waals surface area contributed by atoms with Gasteiger partial charge in [0.05, 0.1) is 0 Å². The third-order valence-electron chi connectivity index (χ3n) is 5.81. The van der Waals surface area contributed by atoms with Gasteiger partial charge in [-0.15, -0.1) is 0 Å². The lowest BCUT2D eigenvalue weighted by Crippen LogP contribution is -2.35. The van der Waals surface area contributed by atoms with Crippen LogP contribution in [0.1, 0.15) is 51.8 Å². The van der Waals surface area contributed by atoms with E-state index in [1.165, 1.54) is 20.8 Å². The summed E-state index contributed by atoms with van der Waals surface area (Å²) in [5, 5.41) is 0. The van der Waals surface area contributed by atoms with E-state index in [4.69, 9.17) is 14.2 Å². The van der Waals surface area contributed by atoms with Crippen LogP contribution in [0.4, 0.5) is 0 Å². The Labute approximate surface area is 218 Å². The number of carbonyl (C=O) groups excluding carboxylic acids is 3. The second-order valence-electron chi connectivity index (χ2n) is 8.63. The van der Waals surface area contributed by atoms with E-state index in [1.54, 1.807) is 72.8 Å². The average Bonchev–Trinajstić information content (AvgIpc) is 2.89. The first kappa shape index (κ1) is 27.6. The number of Topliss-reactive ketones (excluding diaryl/α,β-unsaturated/α-hetero) is 3. The van der Waals surface area contributed by atoms with E-state index in [9.17, 15) is 14.4 Å². The van der Waals surface area contributed by atoms with E-state index >= 15 is 0 Å². The summed E-state index contributed by atoms with van der Waals surface area (Å²) in [5.41, 5.74) is 1.95. The number of ketones is 3. The predicted octanol–water partition coefficient (Wildman–Crippen LogP) is 5.13. The number of ether oxygens (including phenoxy) is 3. The first-order valence-electron chi connectivity index (χ1n) is 12.3. The lowest BCUT2D eigenvalue weighted by molar-refractivity contribution is 0.100. The number of rotatable bonds is 15. The Morgan fingerprint density at radius 3 is 0.946 bits per heavy atom. The van der Waals surface area contributed by atoms with Crippen LogP contribution in [-0.4, -0.2) is 61.7 Å². The highest BCUT2D eigenvalue weighted by Crippen LogP contribution is 2.15. The second kappa shape index (κ2) is 13.9. The van der Waals surface area contributed by atoms with E-state index in [1.807, 2.05) is 0 Å². The molecule has 0 bridgehead atoms. The van der Waals surface area contributed by atoms with Crippen LogP contribution in [-0.2, 0) is 0 Å². The zero-order chi connectivity index (χ0) is 26.6. The molecule has 0 fully saturated rings. The Balaban J connectivity index is 1.51. The summed E-state index contributed by atoms with van der Waals surface area (Å²) < 4.78 is 17.6. The van der Waals surface area contributed by atoms with Crippen molar-refractivity contribution in [3.63, 3.8) is 0 Å². The summed E-state index contributed by atoms with van der Waals surface area (Å²) in [5.74, 6) is 2.16. The molecule has 0 spiro atoms. The van der Waals surface area contributed by atoms with Crippen molar-refractivity contribution in [3.8, 4) is 17.2 Å². The van der Waals surface area contributed by atoms with Crippen molar-refractivity contribution < 1.29 is 28.6 Å². The molecule has 0 saturated carbocycles. The molecule has 194 valence electrons. The standard InChI is InChI=1S/C30H33NO6/c1-22(32)25-4-10-28(11-5-25)35-19-16-31(17-20-36-29-12-6-26(7-13-29)23(2)33)18-21-37-30-14-8-27(9-15-30)24(3)34/h4-15H,16-21H2,1-3H3. The van der Waals surface area contributed by atoms with E-state index in [0.29, 0.717) is 73.4 Å². The lowest BCUT2D eigenvalue weighted by atomic mass is 10.1. The molecule has 7 nitrogen and oxygen atoms in total. The van der Waals surface area contributed by atoms with Crippen molar-refractivity contribution in [2.75, 3.05) is 39.5 Å². The van der Waals surface area contributed by atoms with Crippen LogP contribution in [0.3, 0.4) is 0 Å². The summed E-state index contributed by atoms with van der Waals surface area (Å²) in [7, 11) is 0. The normalized spacial score (nSPS) is 10.7. The van der Waals surface area contributed by atoms with Gasteiger partial charge in [-0.2, -0.15) is 0 Å². The van der Waals surface area contributed by atoms with E-state index in [2.05, 4.69) is 4.90 Å². The maximum Gasteiger partial charge on any atom is 0.159 e. The maximum atomic E-state index is 11.5. The highest BCUT2D eigenvalue weighted by molar-refractivity contribution is 5.95. The number of carbonyl (C=O) groups is 3. The van der Waals surface area contributed by atoms with Gasteiger partial charge in [0.25, 0.3) is 0 Å². The van der Waals surface area contributed by atoms with Crippen LogP contribution < -0.4 is 14.2 Å². The first-order chi connectivity index (χ1) is 17.8. The van der Waals surface area contributed by atoms with Gasteiger partial charge in [0.15, 0.2) is 17.3 Å². The highest BCUT2D eigenvalue weighted by atomic mass is 16.5. The molecule has 3 rings (SSSR count). The van der Waals surface area contributed by atoms with Crippen molar-refractivity contribution in [3.05, 3.63) is 89.5 Å². The molecule has 0 radical (unpaired) electrons. The molecular weight excluding hydrogens is 470 g/mol. The number of hydrogen-bond donors (Lipinski definition) is 0. The molecule has 0 aliphatic carbocycles. The van der Waals surface area contributed by atoms with Gasteiger partial charge in [-0.05, 0) is 93.6 Å². The molecule has 37 heavy (non-hydrogen) atoms. The zero-order valence-electron chi connectivity index (χ0n) is 21.6. The van der Waals surface area contributed by atoms with Gasteiger partial charge in [-0.1, -0.05) is 0 Å². The smallest absolute Gasteiger partial charge is 0.159 e. The molecule has 3 aromatic carbocycles. The lowest BCUT2D eigenvalue weighted by Gasteiger charge is -2.22. The summed E-state index contributed by atoms with van der Waals surface area (Å²) in [6.07, 6.45) is 0. The number of nitrogens with zero attached hydrogens (tertiary/aromatic N) is 1. The Hall–Kier alpha value is -3.97. The minimum atomic E-state index is 0.0181. The fraction of sp³-hybridized carbons (Fsp3) is 0.300. The molecule has 0 aromatic heterocycles. The highest BCUT2D eigenvalue weighted by Gasteiger charge is 2.08. The molecule has 0 saturated heterocycles. The quantitative estimate of drug-likeness (QED) is 0.266. The molecule has 0 unspecified atom stereocenters. The van der Waals surface area contributed by atoms with Gasteiger partial charge < -0.3 is 14.2 Å². The van der Waals surface area contributed by atoms with Crippen LogP contribution >= 0.6 is 0 Å². The Kier molecular flexibility index (Phi) is 10.4. The Morgan fingerprint density at radius 1 is 0.486 bits per heavy atom. The van der Waals surface area contributed by atoms with Gasteiger partial charge in [0.1, 0.15) is 37.1 Å². The number of benzene rings is 3. The predicted molar refractivity (Wildman–Crippen MR) is 142 cm³/mol. The van der Waals surface area contributed by atoms with Gasteiger partial charge in [-0.25, -0.2) is 0 Å². The fourth-order valence-corrected chi connectivity index (χ4v) is 3.57. The van der Waals surface area contributed by atoms with Crippen molar-refractivity contribution >= 4 is 17.3 Å². The van der Waals surface area contributed by atoms with Gasteiger partial charge in [-0.3, -0.25) is 19.3 Å². The van der Waals surface area contributed by atoms with Crippen molar-refractivity contribution in [2.45, 2.75) is 20.8 Å². The molecule has 7 heteroatoms. The number of hydrogen-bond acceptors (Lipinski definition) is 7. The molecule has 0 heterocycles. The molecule has 0 aliphatic rings. The summed E-state index contributed by atoms with van der Waals surface area (Å²) in [6, 6.07) is 21.3. The van der Waals surface area contributed by atoms with Crippen LogP contribution in [0.5, 0.6) is 17.2 Å². The van der Waals surface area contributed by atoms with E-state index in [0.717, 1.165) is 0 Å². The fourth-order valence-electron chi connectivity index (χ4n) is 3.57. The third-order valence-corrected chi connectivity index (χ3v) is 5.81. The van der Waals surface area contributed by atoms with Crippen molar-refractivity contribution in [2.24, 2.45) is 0 Å². The van der Waals surface area contributed by atoms with Crippen LogP contribution in [0.25, 0.3) is 0 Å². The van der Waals surface area contributed by atoms with E-state index in [-0.39, 0.29) is 17.3 Å². The topological polar surface area (TPSA) is 82.1 Å². The second-order valence-corrected chi connectivity index (χ2v) is 8.63. The van der Waals surface area contributed by atoms with Crippen LogP contribution in [0.2, 0.25) is 0 Å². The molecule has 0 N–H and O–H groups in total. The van der Waals surface area contributed by atoms with Gasteiger partial charge >= 0.3 is 0 Å². The van der Waals surface area contributed by atoms with Crippen LogP contribution in [0.15, 0.2) is 72.8 Å². The minimum absolute atomic E-state index is 0.0181. The van der Waals surface area contributed by atoms with Crippen LogP contribution in [0, 0.1) is 0 Å². The molecule has 3 aromatic rings. The largest absolute Gasteiger partial charge is 0.492 e. The molecular formula is C30H33NO6. The van der Waals surface area contributed by atoms with E-state index < -0.39 is 0 Å². The van der Waals surface area contributed by atoms with Gasteiger partial charge in [0.2, 0.25) is 0 Å². The molecule has 0 amide bonds. The zero-order valence-corrected chi connectivity index (χ0v) is 21.6. The summed E-state index contributed by atoms with van der Waals surface area (Å²) >= 11 is 0. The first-order valence-corrected chi connectivity index (χ1v) is 12.3. The van der Waals surface area contributed by atoms with Crippen molar-refractivity contribution in [1.82, 2.24) is 4.90 Å².